The minimum absolute atomic E-state index is 0.0491. The van der Waals surface area contributed by atoms with Crippen molar-refractivity contribution in [1.29, 1.82) is 0 Å². The van der Waals surface area contributed by atoms with Gasteiger partial charge in [0.2, 0.25) is 0 Å². The summed E-state index contributed by atoms with van der Waals surface area (Å²) in [6.07, 6.45) is 3.62. The largest absolute Gasteiger partial charge is 0.395 e. The number of hydrogen-bond acceptors (Lipinski definition) is 3. The van der Waals surface area contributed by atoms with Crippen LogP contribution in [0.25, 0.3) is 0 Å². The summed E-state index contributed by atoms with van der Waals surface area (Å²) in [6.45, 7) is 1.34. The molecule has 0 radical (unpaired) electrons. The van der Waals surface area contributed by atoms with E-state index in [1.165, 1.54) is 10.5 Å². The van der Waals surface area contributed by atoms with E-state index in [0.717, 1.165) is 12.4 Å². The van der Waals surface area contributed by atoms with Crippen molar-refractivity contribution in [2.45, 2.75) is 13.1 Å². The van der Waals surface area contributed by atoms with Gasteiger partial charge in [0.25, 0.3) is 0 Å². The SMILES string of the molecule is CN(CCO)C(=O)NCc1nccn1Cc1ccccc1. The third-order valence-electron chi connectivity index (χ3n) is 3.18. The molecule has 2 N–H and O–H groups in total. The fourth-order valence-corrected chi connectivity index (χ4v) is 1.97. The lowest BCUT2D eigenvalue weighted by Gasteiger charge is -2.16. The number of benzene rings is 1. The molecule has 0 aliphatic rings. The maximum absolute atomic E-state index is 11.8. The minimum atomic E-state index is -0.224. The molecule has 2 rings (SSSR count). The first-order chi connectivity index (χ1) is 10.2. The van der Waals surface area contributed by atoms with Crippen LogP contribution >= 0.6 is 0 Å². The Morgan fingerprint density at radius 1 is 1.38 bits per heavy atom. The van der Waals surface area contributed by atoms with Gasteiger partial charge in [-0.1, -0.05) is 30.3 Å². The Morgan fingerprint density at radius 3 is 2.86 bits per heavy atom. The lowest BCUT2D eigenvalue weighted by atomic mass is 10.2. The van der Waals surface area contributed by atoms with E-state index in [-0.39, 0.29) is 12.6 Å². The van der Waals surface area contributed by atoms with E-state index in [1.807, 2.05) is 29.0 Å². The molecule has 2 aromatic rings. The van der Waals surface area contributed by atoms with Crippen LogP contribution in [0.3, 0.4) is 0 Å². The quantitative estimate of drug-likeness (QED) is 0.835. The number of nitrogens with zero attached hydrogens (tertiary/aromatic N) is 3. The molecular weight excluding hydrogens is 268 g/mol. The Morgan fingerprint density at radius 2 is 2.14 bits per heavy atom. The molecule has 0 unspecified atom stereocenters. The van der Waals surface area contributed by atoms with E-state index < -0.39 is 0 Å². The van der Waals surface area contributed by atoms with Crippen LogP contribution in [0, 0.1) is 0 Å². The number of carbonyl (C=O) groups excluding carboxylic acids is 1. The molecule has 1 heterocycles. The number of nitrogens with one attached hydrogen (secondary N) is 1. The Kier molecular flexibility index (Phi) is 5.34. The maximum Gasteiger partial charge on any atom is 0.317 e. The van der Waals surface area contributed by atoms with Crippen LogP contribution in [-0.4, -0.2) is 45.8 Å². The van der Waals surface area contributed by atoms with E-state index in [9.17, 15) is 4.79 Å². The average molecular weight is 288 g/mol. The zero-order chi connectivity index (χ0) is 15.1. The van der Waals surface area contributed by atoms with Crippen molar-refractivity contribution < 1.29 is 9.90 Å². The summed E-state index contributed by atoms with van der Waals surface area (Å²) in [7, 11) is 1.64. The molecule has 0 fully saturated rings. The number of aliphatic hydroxyl groups is 1. The van der Waals surface area contributed by atoms with Crippen LogP contribution in [0.5, 0.6) is 0 Å². The van der Waals surface area contributed by atoms with E-state index in [0.29, 0.717) is 13.1 Å². The van der Waals surface area contributed by atoms with Crippen molar-refractivity contribution >= 4 is 6.03 Å². The van der Waals surface area contributed by atoms with Crippen molar-refractivity contribution in [3.05, 3.63) is 54.1 Å². The van der Waals surface area contributed by atoms with E-state index in [1.54, 1.807) is 13.2 Å². The van der Waals surface area contributed by atoms with Gasteiger partial charge in [-0.05, 0) is 5.56 Å². The Labute approximate surface area is 124 Å². The number of amides is 2. The zero-order valence-electron chi connectivity index (χ0n) is 12.1. The van der Waals surface area contributed by atoms with Crippen molar-refractivity contribution in [2.75, 3.05) is 20.2 Å². The number of likely N-dealkylation sites (N-methyl/N-ethyl adjacent to an activating group) is 1. The summed E-state index contributed by atoms with van der Waals surface area (Å²) in [6, 6.07) is 9.86. The second-order valence-corrected chi connectivity index (χ2v) is 4.76. The van der Waals surface area contributed by atoms with E-state index in [2.05, 4.69) is 22.4 Å². The van der Waals surface area contributed by atoms with Gasteiger partial charge in [-0.3, -0.25) is 0 Å². The molecule has 0 bridgehead atoms. The lowest BCUT2D eigenvalue weighted by Crippen LogP contribution is -2.38. The average Bonchev–Trinajstić information content (AvgIpc) is 2.93. The van der Waals surface area contributed by atoms with Crippen LogP contribution in [0.15, 0.2) is 42.7 Å². The van der Waals surface area contributed by atoms with Crippen LogP contribution in [0.2, 0.25) is 0 Å². The molecule has 6 heteroatoms. The van der Waals surface area contributed by atoms with Gasteiger partial charge in [0.1, 0.15) is 5.82 Å². The lowest BCUT2D eigenvalue weighted by molar-refractivity contribution is 0.190. The van der Waals surface area contributed by atoms with Gasteiger partial charge in [-0.2, -0.15) is 0 Å². The summed E-state index contributed by atoms with van der Waals surface area (Å²) >= 11 is 0. The summed E-state index contributed by atoms with van der Waals surface area (Å²) in [4.78, 5) is 17.5. The third-order valence-corrected chi connectivity index (χ3v) is 3.18. The first-order valence-electron chi connectivity index (χ1n) is 6.84. The summed E-state index contributed by atoms with van der Waals surface area (Å²) < 4.78 is 2.00. The molecule has 1 aromatic heterocycles. The number of rotatable bonds is 6. The first-order valence-corrected chi connectivity index (χ1v) is 6.84. The minimum Gasteiger partial charge on any atom is -0.395 e. The van der Waals surface area contributed by atoms with Crippen molar-refractivity contribution in [3.63, 3.8) is 0 Å². The Hall–Kier alpha value is -2.34. The summed E-state index contributed by atoms with van der Waals surface area (Å²) in [5.41, 5.74) is 1.18. The smallest absolute Gasteiger partial charge is 0.317 e. The van der Waals surface area contributed by atoms with Crippen LogP contribution < -0.4 is 5.32 Å². The fraction of sp³-hybridized carbons (Fsp3) is 0.333. The highest BCUT2D eigenvalue weighted by Gasteiger charge is 2.09. The topological polar surface area (TPSA) is 70.4 Å². The molecule has 0 saturated carbocycles. The first kappa shape index (κ1) is 15.1. The zero-order valence-corrected chi connectivity index (χ0v) is 12.1. The second-order valence-electron chi connectivity index (χ2n) is 4.76. The standard InChI is InChI=1S/C15H20N4O2/c1-18(9-10-20)15(21)17-11-14-16-7-8-19(14)12-13-5-3-2-4-6-13/h2-8,20H,9-12H2,1H3,(H,17,21). The maximum atomic E-state index is 11.8. The van der Waals surface area contributed by atoms with Gasteiger partial charge in [0, 0.05) is 32.5 Å². The second kappa shape index (κ2) is 7.44. The number of aliphatic hydroxyl groups excluding tert-OH is 1. The molecule has 0 saturated heterocycles. The normalized spacial score (nSPS) is 10.4. The number of urea groups is 1. The highest BCUT2D eigenvalue weighted by molar-refractivity contribution is 5.73. The predicted octanol–water partition coefficient (Wildman–Crippen LogP) is 1.07. The molecule has 1 aromatic carbocycles. The van der Waals surface area contributed by atoms with Gasteiger partial charge >= 0.3 is 6.03 Å². The molecule has 0 atom stereocenters. The number of carbonyl (C=O) groups is 1. The van der Waals surface area contributed by atoms with Gasteiger partial charge in [0.15, 0.2) is 0 Å². The van der Waals surface area contributed by atoms with Crippen LogP contribution in [0.4, 0.5) is 4.79 Å². The highest BCUT2D eigenvalue weighted by atomic mass is 16.3. The fourth-order valence-electron chi connectivity index (χ4n) is 1.97. The highest BCUT2D eigenvalue weighted by Crippen LogP contribution is 2.05. The van der Waals surface area contributed by atoms with Crippen molar-refractivity contribution in [1.82, 2.24) is 19.8 Å². The molecule has 0 aliphatic carbocycles. The van der Waals surface area contributed by atoms with Crippen molar-refractivity contribution in [2.24, 2.45) is 0 Å². The number of hydrogen-bond donors (Lipinski definition) is 2. The van der Waals surface area contributed by atoms with Crippen molar-refractivity contribution in [3.8, 4) is 0 Å². The Balaban J connectivity index is 1.93. The van der Waals surface area contributed by atoms with Crippen LogP contribution in [-0.2, 0) is 13.1 Å². The summed E-state index contributed by atoms with van der Waals surface area (Å²) in [5, 5.41) is 11.6. The molecule has 6 nitrogen and oxygen atoms in total. The molecule has 0 spiro atoms. The third kappa shape index (κ3) is 4.32. The predicted molar refractivity (Wildman–Crippen MR) is 79.7 cm³/mol. The van der Waals surface area contributed by atoms with Gasteiger partial charge < -0.3 is 19.9 Å². The summed E-state index contributed by atoms with van der Waals surface area (Å²) in [5.74, 6) is 0.796. The molecule has 2 amide bonds. The number of imidazole rings is 1. The Bertz CT molecular complexity index is 568. The van der Waals surface area contributed by atoms with Crippen LogP contribution in [0.1, 0.15) is 11.4 Å². The number of aromatic nitrogens is 2. The van der Waals surface area contributed by atoms with Gasteiger partial charge in [0.05, 0.1) is 13.2 Å². The van der Waals surface area contributed by atoms with Gasteiger partial charge in [-0.15, -0.1) is 0 Å². The molecular formula is C15H20N4O2. The molecule has 21 heavy (non-hydrogen) atoms. The molecule has 0 aliphatic heterocycles. The van der Waals surface area contributed by atoms with E-state index >= 15 is 0 Å². The van der Waals surface area contributed by atoms with E-state index in [4.69, 9.17) is 5.11 Å². The molecule has 112 valence electrons. The monoisotopic (exact) mass is 288 g/mol. The van der Waals surface area contributed by atoms with Gasteiger partial charge in [-0.25, -0.2) is 9.78 Å².